The maximum absolute atomic E-state index is 14.8. The van der Waals surface area contributed by atoms with Gasteiger partial charge in [-0.25, -0.2) is 10.1 Å². The third kappa shape index (κ3) is 5.42. The molecule has 0 aliphatic rings. The van der Waals surface area contributed by atoms with Crippen molar-refractivity contribution >= 4 is 22.8 Å². The van der Waals surface area contributed by atoms with Gasteiger partial charge in [0.1, 0.15) is 5.56 Å². The average Bonchev–Trinajstić information content (AvgIpc) is 2.69. The first-order chi connectivity index (χ1) is 13.9. The molecule has 154 valence electrons. The Morgan fingerprint density at radius 2 is 1.87 bits per heavy atom. The fourth-order valence-corrected chi connectivity index (χ4v) is 2.89. The van der Waals surface area contributed by atoms with Crippen molar-refractivity contribution in [3.05, 3.63) is 51.4 Å². The fourth-order valence-electron chi connectivity index (χ4n) is 2.89. The van der Waals surface area contributed by atoms with E-state index in [2.05, 4.69) is 0 Å². The summed E-state index contributed by atoms with van der Waals surface area (Å²) in [5.41, 5.74) is -0.819. The van der Waals surface area contributed by atoms with E-state index in [1.165, 1.54) is 12.3 Å². The SMILES string of the molecule is CCCCn1cc(C(=O)OCC)c(=O)c2cc(F)c([C-](C#N)C(=O)OCC)cc21.[Na+]. The van der Waals surface area contributed by atoms with Crippen LogP contribution in [-0.4, -0.2) is 29.7 Å². The first-order valence-corrected chi connectivity index (χ1v) is 9.37. The molecule has 0 amide bonds. The smallest absolute Gasteiger partial charge is 0.471 e. The molecule has 1 heterocycles. The van der Waals surface area contributed by atoms with Crippen LogP contribution < -0.4 is 35.0 Å². The van der Waals surface area contributed by atoms with Crippen molar-refractivity contribution in [1.82, 2.24) is 4.57 Å². The number of aryl methyl sites for hydroxylation is 1. The molecule has 0 radical (unpaired) electrons. The molecule has 2 rings (SSSR count). The number of ether oxygens (including phenoxy) is 2. The number of fused-ring (bicyclic) bond motifs is 1. The minimum atomic E-state index is -0.946. The van der Waals surface area contributed by atoms with E-state index < -0.39 is 29.1 Å². The third-order valence-corrected chi connectivity index (χ3v) is 4.28. The summed E-state index contributed by atoms with van der Waals surface area (Å²) in [5.74, 6) is -3.15. The van der Waals surface area contributed by atoms with Crippen molar-refractivity contribution in [3.8, 4) is 6.07 Å². The number of unbranched alkanes of at least 4 members (excludes halogenated alkanes) is 1. The molecule has 30 heavy (non-hydrogen) atoms. The van der Waals surface area contributed by atoms with Gasteiger partial charge in [0.25, 0.3) is 5.97 Å². The number of carbonyl (C=O) groups is 2. The summed E-state index contributed by atoms with van der Waals surface area (Å²) in [7, 11) is 0. The van der Waals surface area contributed by atoms with Crippen molar-refractivity contribution in [1.29, 1.82) is 5.26 Å². The van der Waals surface area contributed by atoms with Crippen LogP contribution in [0.4, 0.5) is 4.39 Å². The van der Waals surface area contributed by atoms with Gasteiger partial charge in [-0.15, -0.1) is 11.6 Å². The Hall–Kier alpha value is -2.34. The zero-order valence-electron chi connectivity index (χ0n) is 17.6. The Bertz CT molecular complexity index is 1030. The van der Waals surface area contributed by atoms with E-state index >= 15 is 0 Å². The van der Waals surface area contributed by atoms with Crippen molar-refractivity contribution in [2.45, 2.75) is 40.2 Å². The molecule has 9 heteroatoms. The Balaban J connectivity index is 0.00000450. The number of esters is 2. The van der Waals surface area contributed by atoms with Crippen molar-refractivity contribution in [2.24, 2.45) is 0 Å². The normalized spacial score (nSPS) is 10.1. The second-order valence-corrected chi connectivity index (χ2v) is 6.20. The van der Waals surface area contributed by atoms with Gasteiger partial charge in [0.05, 0.1) is 13.2 Å². The van der Waals surface area contributed by atoms with Gasteiger partial charge in [-0.3, -0.25) is 14.0 Å². The van der Waals surface area contributed by atoms with E-state index in [4.69, 9.17) is 9.47 Å². The van der Waals surface area contributed by atoms with Gasteiger partial charge < -0.3 is 14.0 Å². The molecule has 0 saturated heterocycles. The van der Waals surface area contributed by atoms with Crippen LogP contribution in [0.15, 0.2) is 23.1 Å². The van der Waals surface area contributed by atoms with Crippen molar-refractivity contribution < 1.29 is 53.0 Å². The Morgan fingerprint density at radius 1 is 1.20 bits per heavy atom. The third-order valence-electron chi connectivity index (χ3n) is 4.28. The van der Waals surface area contributed by atoms with Crippen molar-refractivity contribution in [2.75, 3.05) is 13.2 Å². The van der Waals surface area contributed by atoms with Crippen molar-refractivity contribution in [3.63, 3.8) is 0 Å². The number of hydrogen-bond donors (Lipinski definition) is 0. The first-order valence-electron chi connectivity index (χ1n) is 9.37. The minimum absolute atomic E-state index is 0. The quantitative estimate of drug-likeness (QED) is 0.340. The molecule has 0 atom stereocenters. The molecule has 0 unspecified atom stereocenters. The van der Waals surface area contributed by atoms with Crippen LogP contribution in [0.1, 0.15) is 49.5 Å². The molecule has 0 N–H and O–H groups in total. The molecule has 0 bridgehead atoms. The summed E-state index contributed by atoms with van der Waals surface area (Å²) >= 11 is 0. The number of hydrogen-bond acceptors (Lipinski definition) is 6. The van der Waals surface area contributed by atoms with Gasteiger partial charge in [0, 0.05) is 35.9 Å². The molecular weight excluding hydrogens is 402 g/mol. The molecule has 1 aromatic carbocycles. The summed E-state index contributed by atoms with van der Waals surface area (Å²) in [5, 5.41) is 9.30. The zero-order chi connectivity index (χ0) is 21.6. The van der Waals surface area contributed by atoms with E-state index in [1.807, 2.05) is 6.92 Å². The minimum Gasteiger partial charge on any atom is -0.471 e. The summed E-state index contributed by atoms with van der Waals surface area (Å²) in [6.45, 7) is 5.75. The van der Waals surface area contributed by atoms with Gasteiger partial charge in [-0.1, -0.05) is 19.4 Å². The number of aromatic nitrogens is 1. The largest absolute Gasteiger partial charge is 1.00 e. The average molecular weight is 424 g/mol. The van der Waals surface area contributed by atoms with Crippen LogP contribution >= 0.6 is 0 Å². The van der Waals surface area contributed by atoms with Crippen LogP contribution in [0, 0.1) is 23.1 Å². The summed E-state index contributed by atoms with van der Waals surface area (Å²) < 4.78 is 26.1. The Morgan fingerprint density at radius 3 is 2.43 bits per heavy atom. The predicted octanol–water partition coefficient (Wildman–Crippen LogP) is 0.131. The van der Waals surface area contributed by atoms with E-state index in [-0.39, 0.29) is 59.3 Å². The molecule has 0 aliphatic heterocycles. The second kappa shape index (κ2) is 11.7. The van der Waals surface area contributed by atoms with Gasteiger partial charge in [-0.05, 0) is 25.8 Å². The molecule has 0 saturated carbocycles. The standard InChI is InChI=1S/C21H22FN2O5.Na/c1-4-7-8-24-12-16(21(27)29-6-3)19(25)14-9-17(22)13(10-18(14)24)15(11-23)20(26)28-5-2;/h9-10,12H,4-8H2,1-3H3;/q-1;+1. The molecule has 1 aromatic heterocycles. The number of carbonyl (C=O) groups excluding carboxylic acids is 2. The topological polar surface area (TPSA) is 98.4 Å². The van der Waals surface area contributed by atoms with Crippen LogP contribution in [0.25, 0.3) is 10.9 Å². The summed E-state index contributed by atoms with van der Waals surface area (Å²) in [4.78, 5) is 37.0. The van der Waals surface area contributed by atoms with Gasteiger partial charge >= 0.3 is 35.5 Å². The monoisotopic (exact) mass is 424 g/mol. The number of nitrogens with zero attached hydrogens (tertiary/aromatic N) is 2. The number of nitriles is 1. The number of pyridine rings is 1. The molecule has 7 nitrogen and oxygen atoms in total. The maximum Gasteiger partial charge on any atom is 1.00 e. The number of benzene rings is 1. The summed E-state index contributed by atoms with van der Waals surface area (Å²) in [6.07, 6.45) is 2.95. The van der Waals surface area contributed by atoms with Crippen LogP contribution in [0.2, 0.25) is 0 Å². The number of halogens is 1. The Labute approximate surface area is 196 Å². The van der Waals surface area contributed by atoms with E-state index in [1.54, 1.807) is 24.5 Å². The Kier molecular flexibility index (Phi) is 10.1. The van der Waals surface area contributed by atoms with Crippen LogP contribution in [-0.2, 0) is 20.8 Å². The zero-order valence-corrected chi connectivity index (χ0v) is 19.6. The molecular formula is C21H22FN2NaO5. The van der Waals surface area contributed by atoms with E-state index in [0.29, 0.717) is 12.1 Å². The molecule has 2 aromatic rings. The maximum atomic E-state index is 14.8. The van der Waals surface area contributed by atoms with Crippen LogP contribution in [0.3, 0.4) is 0 Å². The summed E-state index contributed by atoms with van der Waals surface area (Å²) in [6, 6.07) is 3.88. The second-order valence-electron chi connectivity index (χ2n) is 6.20. The van der Waals surface area contributed by atoms with E-state index in [0.717, 1.165) is 18.9 Å². The fraction of sp³-hybridized carbons (Fsp3) is 0.381. The van der Waals surface area contributed by atoms with E-state index in [9.17, 15) is 24.0 Å². The number of rotatable bonds is 8. The van der Waals surface area contributed by atoms with Gasteiger partial charge in [-0.2, -0.15) is 0 Å². The van der Waals surface area contributed by atoms with Crippen LogP contribution in [0.5, 0.6) is 0 Å². The predicted molar refractivity (Wildman–Crippen MR) is 104 cm³/mol. The molecule has 0 spiro atoms. The first kappa shape index (κ1) is 25.7. The molecule has 0 aliphatic carbocycles. The van der Waals surface area contributed by atoms with Gasteiger partial charge in [0.15, 0.2) is 0 Å². The molecule has 0 fully saturated rings. The van der Waals surface area contributed by atoms with Gasteiger partial charge in [0.2, 0.25) is 5.43 Å².